The highest BCUT2D eigenvalue weighted by Gasteiger charge is 2.41. The number of carbonyl (C=O) groups is 2. The third kappa shape index (κ3) is 6.88. The fourth-order valence-electron chi connectivity index (χ4n) is 3.56. The number of aliphatic hydroxyl groups excluding tert-OH is 3. The number of thioether (sulfide) groups is 1. The van der Waals surface area contributed by atoms with Crippen LogP contribution in [0, 0.1) is 5.41 Å². The Bertz CT molecular complexity index is 950. The molecule has 1 aliphatic rings. The molecule has 0 bridgehead atoms. The van der Waals surface area contributed by atoms with Crippen molar-refractivity contribution >= 4 is 22.7 Å². The highest BCUT2D eigenvalue weighted by molar-refractivity contribution is 8.16. The summed E-state index contributed by atoms with van der Waals surface area (Å²) >= 11 is 1.12. The summed E-state index contributed by atoms with van der Waals surface area (Å²) in [6.07, 6.45) is 6.53. The summed E-state index contributed by atoms with van der Waals surface area (Å²) in [6, 6.07) is 0. The lowest BCUT2D eigenvalue weighted by Crippen LogP contribution is -2.39. The number of hydrogen-bond acceptors (Lipinski definition) is 8. The van der Waals surface area contributed by atoms with Gasteiger partial charge in [-0.3, -0.25) is 14.3 Å². The smallest absolute Gasteiger partial charge is 0.220 e. The molecule has 0 radical (unpaired) electrons. The second kappa shape index (κ2) is 11.3. The van der Waals surface area contributed by atoms with Crippen LogP contribution in [0.3, 0.4) is 0 Å². The van der Waals surface area contributed by atoms with Gasteiger partial charge in [0.15, 0.2) is 5.78 Å². The monoisotopic (exact) mass is 477 g/mol. The van der Waals surface area contributed by atoms with E-state index in [2.05, 4.69) is 16.9 Å². The van der Waals surface area contributed by atoms with Crippen molar-refractivity contribution in [1.29, 1.82) is 0 Å². The third-order valence-corrected chi connectivity index (χ3v) is 7.03. The first-order chi connectivity index (χ1) is 15.4. The Morgan fingerprint density at radius 2 is 2.06 bits per heavy atom. The molecule has 1 aliphatic heterocycles. The van der Waals surface area contributed by atoms with Gasteiger partial charge in [0.25, 0.3) is 0 Å². The van der Waals surface area contributed by atoms with Crippen LogP contribution in [0.2, 0.25) is 0 Å². The largest absolute Gasteiger partial charge is 0.510 e. The SMILES string of the molecule is C=C/C(C)=C/[C@@]1(C)SC(=O)C(CCCCn2cc(CCC(=O)[C@H](O)C(C)(C)CO)nn2)=C1O. The van der Waals surface area contributed by atoms with Crippen molar-refractivity contribution in [3.8, 4) is 0 Å². The Labute approximate surface area is 199 Å². The molecule has 2 atom stereocenters. The van der Waals surface area contributed by atoms with Gasteiger partial charge in [-0.15, -0.1) is 5.10 Å². The first kappa shape index (κ1) is 27.0. The summed E-state index contributed by atoms with van der Waals surface area (Å²) in [5, 5.41) is 38.0. The first-order valence-corrected chi connectivity index (χ1v) is 11.9. The van der Waals surface area contributed by atoms with Crippen LogP contribution < -0.4 is 0 Å². The molecule has 1 aromatic rings. The Morgan fingerprint density at radius 1 is 1.36 bits per heavy atom. The molecule has 0 aromatic carbocycles. The van der Waals surface area contributed by atoms with Gasteiger partial charge in [-0.05, 0) is 33.1 Å². The maximum Gasteiger partial charge on any atom is 0.220 e. The molecular formula is C24H35N3O5S. The molecule has 9 heteroatoms. The topological polar surface area (TPSA) is 126 Å². The molecule has 0 aliphatic carbocycles. The van der Waals surface area contributed by atoms with Crippen LogP contribution in [0.4, 0.5) is 0 Å². The van der Waals surface area contributed by atoms with E-state index in [0.717, 1.165) is 23.8 Å². The molecule has 0 saturated carbocycles. The van der Waals surface area contributed by atoms with Gasteiger partial charge >= 0.3 is 0 Å². The first-order valence-electron chi connectivity index (χ1n) is 11.1. The van der Waals surface area contributed by atoms with E-state index in [1.54, 1.807) is 30.8 Å². The van der Waals surface area contributed by atoms with E-state index in [1.165, 1.54) is 0 Å². The lowest BCUT2D eigenvalue weighted by Gasteiger charge is -2.26. The predicted octanol–water partition coefficient (Wildman–Crippen LogP) is 3.31. The Kier molecular flexibility index (Phi) is 9.22. The van der Waals surface area contributed by atoms with Crippen LogP contribution in [0.25, 0.3) is 0 Å². The number of aliphatic hydroxyl groups is 3. The maximum absolute atomic E-state index is 12.4. The zero-order valence-electron chi connectivity index (χ0n) is 19.9. The van der Waals surface area contributed by atoms with Crippen LogP contribution >= 0.6 is 11.8 Å². The molecule has 0 spiro atoms. The quantitative estimate of drug-likeness (QED) is 0.292. The van der Waals surface area contributed by atoms with Crippen LogP contribution in [-0.4, -0.2) is 58.7 Å². The van der Waals surface area contributed by atoms with Gasteiger partial charge in [0.1, 0.15) is 11.9 Å². The Hall–Kier alpha value is -2.23. The van der Waals surface area contributed by atoms with E-state index in [1.807, 2.05) is 19.9 Å². The van der Waals surface area contributed by atoms with E-state index in [4.69, 9.17) is 0 Å². The fraction of sp³-hybridized carbons (Fsp3) is 0.583. The summed E-state index contributed by atoms with van der Waals surface area (Å²) in [4.78, 5) is 24.6. The number of aryl methyl sites for hydroxylation is 2. The normalized spacial score (nSPS) is 20.4. The number of carbonyl (C=O) groups excluding carboxylic acids is 2. The number of nitrogens with zero attached hydrogens (tertiary/aromatic N) is 3. The summed E-state index contributed by atoms with van der Waals surface area (Å²) in [7, 11) is 0. The molecule has 182 valence electrons. The predicted molar refractivity (Wildman–Crippen MR) is 129 cm³/mol. The lowest BCUT2D eigenvalue weighted by molar-refractivity contribution is -0.134. The van der Waals surface area contributed by atoms with Crippen molar-refractivity contribution in [2.24, 2.45) is 5.41 Å². The minimum absolute atomic E-state index is 0.0950. The minimum Gasteiger partial charge on any atom is -0.510 e. The number of ketones is 1. The standard InChI is InChI=1S/C24H35N3O5S/c1-6-16(2)13-24(5)20(30)18(22(32)33-24)9-7-8-12-27-14-17(25-26-27)10-11-19(29)21(31)23(3,4)15-28/h6,13-14,21,28,30-31H,1,7-12,15H2,2-5H3/b16-13+/t21-,24+/m0/s1. The summed E-state index contributed by atoms with van der Waals surface area (Å²) in [5.74, 6) is -0.209. The van der Waals surface area contributed by atoms with E-state index >= 15 is 0 Å². The number of unbranched alkanes of at least 4 members (excludes halogenated alkanes) is 1. The molecule has 0 fully saturated rings. The van der Waals surface area contributed by atoms with Gasteiger partial charge in [0.05, 0.1) is 17.0 Å². The van der Waals surface area contributed by atoms with Gasteiger partial charge in [0, 0.05) is 36.6 Å². The van der Waals surface area contributed by atoms with Crippen molar-refractivity contribution in [2.75, 3.05) is 6.61 Å². The molecule has 0 saturated heterocycles. The fourth-order valence-corrected chi connectivity index (χ4v) is 4.73. The van der Waals surface area contributed by atoms with Gasteiger partial charge < -0.3 is 15.3 Å². The highest BCUT2D eigenvalue weighted by atomic mass is 32.2. The van der Waals surface area contributed by atoms with E-state index < -0.39 is 16.3 Å². The molecule has 3 N–H and O–H groups in total. The molecule has 2 heterocycles. The van der Waals surface area contributed by atoms with E-state index in [0.29, 0.717) is 37.1 Å². The van der Waals surface area contributed by atoms with Crippen LogP contribution in [0.15, 0.2) is 41.8 Å². The molecule has 33 heavy (non-hydrogen) atoms. The Balaban J connectivity index is 1.83. The highest BCUT2D eigenvalue weighted by Crippen LogP contribution is 2.45. The van der Waals surface area contributed by atoms with Gasteiger partial charge in [0.2, 0.25) is 5.12 Å². The molecule has 1 aromatic heterocycles. The average Bonchev–Trinajstić information content (AvgIpc) is 3.31. The second-order valence-corrected chi connectivity index (χ2v) is 10.8. The van der Waals surface area contributed by atoms with Crippen LogP contribution in [-0.2, 0) is 22.6 Å². The number of rotatable bonds is 13. The summed E-state index contributed by atoms with van der Waals surface area (Å²) in [5.41, 5.74) is 1.15. The number of hydrogen-bond donors (Lipinski definition) is 3. The lowest BCUT2D eigenvalue weighted by atomic mass is 9.84. The van der Waals surface area contributed by atoms with E-state index in [-0.39, 0.29) is 29.7 Å². The summed E-state index contributed by atoms with van der Waals surface area (Å²) < 4.78 is 0.941. The van der Waals surface area contributed by atoms with Gasteiger partial charge in [-0.25, -0.2) is 0 Å². The maximum atomic E-state index is 12.4. The molecule has 0 amide bonds. The van der Waals surface area contributed by atoms with Crippen LogP contribution in [0.5, 0.6) is 0 Å². The van der Waals surface area contributed by atoms with Crippen molar-refractivity contribution in [1.82, 2.24) is 15.0 Å². The average molecular weight is 478 g/mol. The zero-order valence-corrected chi connectivity index (χ0v) is 20.7. The summed E-state index contributed by atoms with van der Waals surface area (Å²) in [6.45, 7) is 11.0. The van der Waals surface area contributed by atoms with Crippen molar-refractivity contribution in [3.05, 3.63) is 47.5 Å². The molecule has 8 nitrogen and oxygen atoms in total. The number of aromatic nitrogens is 3. The number of allylic oxidation sites excluding steroid dienone is 2. The van der Waals surface area contributed by atoms with Crippen molar-refractivity contribution < 1.29 is 24.9 Å². The molecular weight excluding hydrogens is 442 g/mol. The van der Waals surface area contributed by atoms with Crippen molar-refractivity contribution in [3.63, 3.8) is 0 Å². The zero-order chi connectivity index (χ0) is 24.8. The Morgan fingerprint density at radius 3 is 2.70 bits per heavy atom. The molecule has 2 rings (SSSR count). The van der Waals surface area contributed by atoms with Gasteiger partial charge in [-0.2, -0.15) is 0 Å². The van der Waals surface area contributed by atoms with Crippen LogP contribution in [0.1, 0.15) is 59.1 Å². The minimum atomic E-state index is -1.22. The van der Waals surface area contributed by atoms with E-state index in [9.17, 15) is 24.9 Å². The molecule has 0 unspecified atom stereocenters. The van der Waals surface area contributed by atoms with Crippen molar-refractivity contribution in [2.45, 2.75) is 77.2 Å². The second-order valence-electron chi connectivity index (χ2n) is 9.36. The van der Waals surface area contributed by atoms with Gasteiger partial charge in [-0.1, -0.05) is 55.1 Å². The number of Topliss-reactive ketones (excluding diaryl/α,β-unsaturated/α-hetero) is 1. The third-order valence-electron chi connectivity index (χ3n) is 5.86.